The molecule has 2 N–H and O–H groups in total. The van der Waals surface area contributed by atoms with Crippen LogP contribution in [0.25, 0.3) is 22.2 Å². The molecule has 0 aliphatic carbocycles. The Labute approximate surface area is 129 Å². The molecule has 3 rings (SSSR count). The van der Waals surface area contributed by atoms with Gasteiger partial charge in [0, 0.05) is 22.9 Å². The third-order valence-corrected chi connectivity index (χ3v) is 4.88. The van der Waals surface area contributed by atoms with Crippen molar-refractivity contribution >= 4 is 26.4 Å². The number of anilines is 1. The van der Waals surface area contributed by atoms with Crippen LogP contribution < -0.4 is 5.73 Å². The van der Waals surface area contributed by atoms with Gasteiger partial charge in [0.05, 0.1) is 16.1 Å². The van der Waals surface area contributed by atoms with Crippen LogP contribution in [0.15, 0.2) is 53.4 Å². The molecule has 0 atom stereocenters. The maximum atomic E-state index is 12.0. The van der Waals surface area contributed by atoms with Crippen LogP contribution in [0.1, 0.15) is 5.56 Å². The summed E-state index contributed by atoms with van der Waals surface area (Å²) in [7, 11) is -3.35. The molecule has 0 aliphatic heterocycles. The molecular formula is C17H16N2O2S. The summed E-state index contributed by atoms with van der Waals surface area (Å²) in [6.45, 7) is 1.86. The average Bonchev–Trinajstić information content (AvgIpc) is 2.50. The number of fused-ring (bicyclic) bond motifs is 1. The van der Waals surface area contributed by atoms with Crippen LogP contribution >= 0.6 is 0 Å². The molecule has 112 valence electrons. The summed E-state index contributed by atoms with van der Waals surface area (Å²) < 4.78 is 24.1. The molecule has 0 saturated carbocycles. The molecule has 0 bridgehead atoms. The number of nitrogens with two attached hydrogens (primary N) is 1. The highest BCUT2D eigenvalue weighted by molar-refractivity contribution is 7.90. The number of nitrogens with zero attached hydrogens (tertiary/aromatic N) is 1. The van der Waals surface area contributed by atoms with Gasteiger partial charge in [0.1, 0.15) is 0 Å². The molecule has 0 saturated heterocycles. The first kappa shape index (κ1) is 14.5. The third kappa shape index (κ3) is 2.33. The smallest absolute Gasteiger partial charge is 0.176 e. The molecule has 0 aliphatic rings. The minimum Gasteiger partial charge on any atom is -0.398 e. The summed E-state index contributed by atoms with van der Waals surface area (Å²) in [5, 5.41) is 0.876. The second kappa shape index (κ2) is 5.10. The van der Waals surface area contributed by atoms with Crippen molar-refractivity contribution in [1.29, 1.82) is 0 Å². The zero-order valence-electron chi connectivity index (χ0n) is 12.4. The fourth-order valence-corrected chi connectivity index (χ4v) is 3.47. The van der Waals surface area contributed by atoms with E-state index in [-0.39, 0.29) is 4.90 Å². The number of hydrogen-bond acceptors (Lipinski definition) is 4. The number of para-hydroxylation sites is 1. The Morgan fingerprint density at radius 1 is 1.00 bits per heavy atom. The zero-order valence-corrected chi connectivity index (χ0v) is 13.2. The van der Waals surface area contributed by atoms with Gasteiger partial charge in [0.15, 0.2) is 9.84 Å². The number of aromatic nitrogens is 1. The maximum Gasteiger partial charge on any atom is 0.176 e. The van der Waals surface area contributed by atoms with E-state index in [0.717, 1.165) is 16.5 Å². The highest BCUT2D eigenvalue weighted by Crippen LogP contribution is 2.34. The third-order valence-electron chi connectivity index (χ3n) is 3.73. The van der Waals surface area contributed by atoms with Gasteiger partial charge < -0.3 is 5.73 Å². The van der Waals surface area contributed by atoms with E-state index in [9.17, 15) is 8.42 Å². The second-order valence-electron chi connectivity index (χ2n) is 5.28. The fraction of sp³-hybridized carbons (Fsp3) is 0.118. The van der Waals surface area contributed by atoms with Crippen LogP contribution in [0.4, 0.5) is 5.69 Å². The Bertz CT molecular complexity index is 979. The van der Waals surface area contributed by atoms with Crippen molar-refractivity contribution in [2.75, 3.05) is 12.0 Å². The SMILES string of the molecule is Cc1c(-c2ccccc2S(C)(=O)=O)nc2ccccc2c1N. The van der Waals surface area contributed by atoms with Crippen molar-refractivity contribution in [1.82, 2.24) is 4.98 Å². The van der Waals surface area contributed by atoms with Crippen molar-refractivity contribution in [3.8, 4) is 11.3 Å². The lowest BCUT2D eigenvalue weighted by atomic mass is 10.0. The van der Waals surface area contributed by atoms with Gasteiger partial charge in [-0.3, -0.25) is 0 Å². The van der Waals surface area contributed by atoms with Gasteiger partial charge in [-0.2, -0.15) is 0 Å². The Hall–Kier alpha value is -2.40. The first-order valence-corrected chi connectivity index (χ1v) is 8.73. The highest BCUT2D eigenvalue weighted by Gasteiger charge is 2.18. The number of nitrogen functional groups attached to an aromatic ring is 1. The molecule has 0 unspecified atom stereocenters. The predicted octanol–water partition coefficient (Wildman–Crippen LogP) is 3.20. The molecule has 5 heteroatoms. The molecular weight excluding hydrogens is 296 g/mol. The molecule has 0 spiro atoms. The van der Waals surface area contributed by atoms with Crippen LogP contribution in [0.2, 0.25) is 0 Å². The molecule has 1 heterocycles. The van der Waals surface area contributed by atoms with Gasteiger partial charge in [-0.15, -0.1) is 0 Å². The van der Waals surface area contributed by atoms with E-state index in [2.05, 4.69) is 4.98 Å². The van der Waals surface area contributed by atoms with Crippen molar-refractivity contribution in [3.63, 3.8) is 0 Å². The summed E-state index contributed by atoms with van der Waals surface area (Å²) in [5.74, 6) is 0. The zero-order chi connectivity index (χ0) is 15.9. The largest absolute Gasteiger partial charge is 0.398 e. The molecule has 1 aromatic heterocycles. The summed E-state index contributed by atoms with van der Waals surface area (Å²) in [4.78, 5) is 4.90. The molecule has 22 heavy (non-hydrogen) atoms. The number of sulfone groups is 1. The average molecular weight is 312 g/mol. The minimum atomic E-state index is -3.35. The van der Waals surface area contributed by atoms with Gasteiger partial charge in [-0.1, -0.05) is 36.4 Å². The lowest BCUT2D eigenvalue weighted by Gasteiger charge is -2.13. The van der Waals surface area contributed by atoms with Crippen LogP contribution in [-0.2, 0) is 9.84 Å². The topological polar surface area (TPSA) is 73.0 Å². The molecule has 0 amide bonds. The molecule has 0 fully saturated rings. The Balaban J connectivity index is 2.40. The fourth-order valence-electron chi connectivity index (χ4n) is 2.58. The molecule has 0 radical (unpaired) electrons. The lowest BCUT2D eigenvalue weighted by molar-refractivity contribution is 0.602. The van der Waals surface area contributed by atoms with E-state index in [1.807, 2.05) is 31.2 Å². The van der Waals surface area contributed by atoms with Crippen LogP contribution in [0, 0.1) is 6.92 Å². The van der Waals surface area contributed by atoms with E-state index in [0.29, 0.717) is 16.9 Å². The van der Waals surface area contributed by atoms with Crippen molar-refractivity contribution in [2.45, 2.75) is 11.8 Å². The summed E-state index contributed by atoms with van der Waals surface area (Å²) in [6.07, 6.45) is 1.20. The van der Waals surface area contributed by atoms with Crippen molar-refractivity contribution in [2.24, 2.45) is 0 Å². The Morgan fingerprint density at radius 2 is 1.64 bits per heavy atom. The number of benzene rings is 2. The monoisotopic (exact) mass is 312 g/mol. The summed E-state index contributed by atoms with van der Waals surface area (Å²) >= 11 is 0. The Morgan fingerprint density at radius 3 is 2.36 bits per heavy atom. The van der Waals surface area contributed by atoms with Gasteiger partial charge in [-0.25, -0.2) is 13.4 Å². The van der Waals surface area contributed by atoms with Crippen LogP contribution in [0.5, 0.6) is 0 Å². The van der Waals surface area contributed by atoms with Gasteiger partial charge in [0.2, 0.25) is 0 Å². The van der Waals surface area contributed by atoms with Gasteiger partial charge in [-0.05, 0) is 24.6 Å². The molecule has 2 aromatic carbocycles. The van der Waals surface area contributed by atoms with E-state index < -0.39 is 9.84 Å². The maximum absolute atomic E-state index is 12.0. The van der Waals surface area contributed by atoms with Gasteiger partial charge in [0.25, 0.3) is 0 Å². The first-order valence-electron chi connectivity index (χ1n) is 6.84. The standard InChI is InChI=1S/C17H16N2O2S/c1-11-16(18)12-7-3-5-9-14(12)19-17(11)13-8-4-6-10-15(13)22(2,20)21/h3-10H,1-2H3,(H2,18,19). The number of rotatable bonds is 2. The van der Waals surface area contributed by atoms with Gasteiger partial charge >= 0.3 is 0 Å². The van der Waals surface area contributed by atoms with Crippen molar-refractivity contribution in [3.05, 3.63) is 54.1 Å². The summed E-state index contributed by atoms with van der Waals surface area (Å²) in [5.41, 5.74) is 9.59. The van der Waals surface area contributed by atoms with E-state index >= 15 is 0 Å². The van der Waals surface area contributed by atoms with Crippen LogP contribution in [0.3, 0.4) is 0 Å². The van der Waals surface area contributed by atoms with E-state index in [4.69, 9.17) is 5.73 Å². The van der Waals surface area contributed by atoms with E-state index in [1.165, 1.54) is 6.26 Å². The number of hydrogen-bond donors (Lipinski definition) is 1. The predicted molar refractivity (Wildman–Crippen MR) is 89.4 cm³/mol. The normalized spacial score (nSPS) is 11.7. The lowest BCUT2D eigenvalue weighted by Crippen LogP contribution is -2.03. The minimum absolute atomic E-state index is 0.264. The molecule has 4 nitrogen and oxygen atoms in total. The quantitative estimate of drug-likeness (QED) is 0.788. The number of pyridine rings is 1. The molecule has 3 aromatic rings. The van der Waals surface area contributed by atoms with E-state index in [1.54, 1.807) is 24.3 Å². The first-order chi connectivity index (χ1) is 10.4. The van der Waals surface area contributed by atoms with Crippen LogP contribution in [-0.4, -0.2) is 19.7 Å². The second-order valence-corrected chi connectivity index (χ2v) is 7.27. The Kier molecular flexibility index (Phi) is 3.37. The van der Waals surface area contributed by atoms with Crippen molar-refractivity contribution < 1.29 is 8.42 Å². The highest BCUT2D eigenvalue weighted by atomic mass is 32.2. The summed E-state index contributed by atoms with van der Waals surface area (Å²) in [6, 6.07) is 14.4.